The monoisotopic (exact) mass is 361 g/mol. The van der Waals surface area contributed by atoms with E-state index in [0.29, 0.717) is 18.7 Å². The fourth-order valence-corrected chi connectivity index (χ4v) is 4.63. The summed E-state index contributed by atoms with van der Waals surface area (Å²) >= 11 is 0. The van der Waals surface area contributed by atoms with Gasteiger partial charge in [-0.25, -0.2) is 4.79 Å². The van der Waals surface area contributed by atoms with Gasteiger partial charge in [0.25, 0.3) is 0 Å². The summed E-state index contributed by atoms with van der Waals surface area (Å²) in [7, 11) is 1.58. The largest absolute Gasteiger partial charge is 0.504 e. The molecule has 5 heteroatoms. The lowest BCUT2D eigenvalue weighted by Gasteiger charge is -2.60. The van der Waals surface area contributed by atoms with Crippen LogP contribution >= 0.6 is 0 Å². The Labute approximate surface area is 156 Å². The molecule has 1 aliphatic carbocycles. The second-order valence-electron chi connectivity index (χ2n) is 9.38. The Morgan fingerprint density at radius 1 is 1.27 bits per heavy atom. The van der Waals surface area contributed by atoms with Crippen molar-refractivity contribution < 1.29 is 19.4 Å². The van der Waals surface area contributed by atoms with Crippen molar-refractivity contribution in [1.82, 2.24) is 4.90 Å². The lowest BCUT2D eigenvalue weighted by atomic mass is 9.51. The molecule has 1 fully saturated rings. The van der Waals surface area contributed by atoms with Crippen LogP contribution in [-0.2, 0) is 16.6 Å². The van der Waals surface area contributed by atoms with Crippen molar-refractivity contribution in [2.45, 2.75) is 71.4 Å². The van der Waals surface area contributed by atoms with E-state index in [4.69, 9.17) is 9.47 Å². The highest BCUT2D eigenvalue weighted by molar-refractivity contribution is 5.70. The number of nitrogens with zero attached hydrogens (tertiary/aromatic N) is 1. The Balaban J connectivity index is 2.05. The van der Waals surface area contributed by atoms with Gasteiger partial charge in [0.2, 0.25) is 0 Å². The number of likely N-dealkylation sites (tertiary alicyclic amines) is 1. The summed E-state index contributed by atoms with van der Waals surface area (Å²) in [5, 5.41) is 10.2. The molecule has 2 atom stereocenters. The zero-order valence-electron chi connectivity index (χ0n) is 17.0. The van der Waals surface area contributed by atoms with E-state index in [0.717, 1.165) is 12.0 Å². The number of hydrogen-bond acceptors (Lipinski definition) is 4. The summed E-state index contributed by atoms with van der Waals surface area (Å²) in [6, 6.07) is 3.80. The third-order valence-corrected chi connectivity index (χ3v) is 6.52. The number of ether oxygens (including phenoxy) is 2. The first-order chi connectivity index (χ1) is 11.9. The van der Waals surface area contributed by atoms with Crippen molar-refractivity contribution >= 4 is 6.09 Å². The molecule has 0 spiro atoms. The maximum atomic E-state index is 12.8. The molecule has 2 bridgehead atoms. The molecule has 1 aromatic rings. The molecule has 1 saturated heterocycles. The smallest absolute Gasteiger partial charge is 0.410 e. The van der Waals surface area contributed by atoms with Gasteiger partial charge in [0.15, 0.2) is 11.5 Å². The number of aromatic hydroxyl groups is 1. The van der Waals surface area contributed by atoms with Gasteiger partial charge in [-0.2, -0.15) is 0 Å². The Bertz CT molecular complexity index is 734. The topological polar surface area (TPSA) is 59.0 Å². The van der Waals surface area contributed by atoms with Crippen LogP contribution in [0.3, 0.4) is 0 Å². The molecule has 1 aliphatic heterocycles. The molecule has 0 radical (unpaired) electrons. The van der Waals surface area contributed by atoms with E-state index in [1.165, 1.54) is 5.56 Å². The summed E-state index contributed by atoms with van der Waals surface area (Å²) in [6.07, 6.45) is 1.30. The van der Waals surface area contributed by atoms with Gasteiger partial charge in [0.1, 0.15) is 5.60 Å². The van der Waals surface area contributed by atoms with E-state index >= 15 is 0 Å². The first-order valence-corrected chi connectivity index (χ1v) is 9.31. The molecule has 2 aliphatic rings. The SMILES string of the molecule is COc1cc2c(cc1O)CC1N(C(=O)OC(C)(C)C)CCC2(C)C1(C)C. The van der Waals surface area contributed by atoms with Crippen LogP contribution in [0.2, 0.25) is 0 Å². The zero-order chi connectivity index (χ0) is 19.5. The molecule has 1 amide bonds. The lowest BCUT2D eigenvalue weighted by molar-refractivity contribution is -0.0522. The van der Waals surface area contributed by atoms with E-state index in [1.807, 2.05) is 31.7 Å². The molecule has 0 saturated carbocycles. The number of piperidine rings is 1. The first-order valence-electron chi connectivity index (χ1n) is 9.31. The maximum absolute atomic E-state index is 12.8. The van der Waals surface area contributed by atoms with E-state index in [9.17, 15) is 9.90 Å². The Hall–Kier alpha value is -1.91. The van der Waals surface area contributed by atoms with Gasteiger partial charge >= 0.3 is 6.09 Å². The van der Waals surface area contributed by atoms with E-state index in [1.54, 1.807) is 13.2 Å². The van der Waals surface area contributed by atoms with Crippen LogP contribution in [0.5, 0.6) is 11.5 Å². The normalized spacial score (nSPS) is 26.9. The van der Waals surface area contributed by atoms with Crippen LogP contribution in [0, 0.1) is 5.41 Å². The van der Waals surface area contributed by atoms with Crippen LogP contribution in [0.1, 0.15) is 59.1 Å². The van der Waals surface area contributed by atoms with Gasteiger partial charge in [0.05, 0.1) is 7.11 Å². The highest BCUT2D eigenvalue weighted by Gasteiger charge is 2.57. The minimum Gasteiger partial charge on any atom is -0.504 e. The van der Waals surface area contributed by atoms with Crippen LogP contribution in [-0.4, -0.2) is 41.4 Å². The van der Waals surface area contributed by atoms with E-state index in [-0.39, 0.29) is 28.7 Å². The maximum Gasteiger partial charge on any atom is 0.410 e. The third kappa shape index (κ3) is 2.72. The predicted octanol–water partition coefficient (Wildman–Crippen LogP) is 4.25. The number of methoxy groups -OCH3 is 1. The number of fused-ring (bicyclic) bond motifs is 4. The number of phenolic OH excluding ortho intramolecular Hbond substituents is 1. The van der Waals surface area contributed by atoms with Gasteiger partial charge in [-0.15, -0.1) is 0 Å². The van der Waals surface area contributed by atoms with Gasteiger partial charge in [0, 0.05) is 18.0 Å². The average molecular weight is 361 g/mol. The number of carbonyl (C=O) groups is 1. The van der Waals surface area contributed by atoms with Crippen LogP contribution < -0.4 is 4.74 Å². The number of benzene rings is 1. The molecule has 5 nitrogen and oxygen atoms in total. The van der Waals surface area contributed by atoms with E-state index < -0.39 is 5.60 Å². The summed E-state index contributed by atoms with van der Waals surface area (Å²) in [6.45, 7) is 13.1. The van der Waals surface area contributed by atoms with Crippen molar-refractivity contribution in [3.05, 3.63) is 23.3 Å². The van der Waals surface area contributed by atoms with Gasteiger partial charge in [-0.1, -0.05) is 20.8 Å². The second kappa shape index (κ2) is 5.80. The van der Waals surface area contributed by atoms with Crippen molar-refractivity contribution in [3.63, 3.8) is 0 Å². The number of phenols is 1. The number of carbonyl (C=O) groups excluding carboxylic acids is 1. The zero-order valence-corrected chi connectivity index (χ0v) is 17.0. The summed E-state index contributed by atoms with van der Waals surface area (Å²) in [4.78, 5) is 14.7. The van der Waals surface area contributed by atoms with E-state index in [2.05, 4.69) is 20.8 Å². The fourth-order valence-electron chi connectivity index (χ4n) is 4.63. The Morgan fingerprint density at radius 2 is 1.92 bits per heavy atom. The van der Waals surface area contributed by atoms with Crippen molar-refractivity contribution in [2.75, 3.05) is 13.7 Å². The Morgan fingerprint density at radius 3 is 2.50 bits per heavy atom. The molecule has 3 rings (SSSR count). The van der Waals surface area contributed by atoms with Gasteiger partial charge in [-0.3, -0.25) is 0 Å². The lowest BCUT2D eigenvalue weighted by Crippen LogP contribution is -2.65. The molecule has 144 valence electrons. The molecule has 0 aromatic heterocycles. The highest BCUT2D eigenvalue weighted by Crippen LogP contribution is 2.57. The summed E-state index contributed by atoms with van der Waals surface area (Å²) in [5.41, 5.74) is 1.56. The minimum atomic E-state index is -0.514. The fraction of sp³-hybridized carbons (Fsp3) is 0.667. The average Bonchev–Trinajstić information content (AvgIpc) is 2.49. The standard InChI is InChI=1S/C21H31NO4/c1-19(2,3)26-18(24)22-9-8-21(6)14-12-16(25-7)15(23)10-13(14)11-17(22)20(21,4)5/h10,12,17,23H,8-9,11H2,1-7H3. The van der Waals surface area contributed by atoms with Gasteiger partial charge in [-0.05, 0) is 62.3 Å². The molecular weight excluding hydrogens is 330 g/mol. The third-order valence-electron chi connectivity index (χ3n) is 6.52. The van der Waals surface area contributed by atoms with Crippen LogP contribution in [0.25, 0.3) is 0 Å². The summed E-state index contributed by atoms with van der Waals surface area (Å²) < 4.78 is 11.0. The second-order valence-corrected chi connectivity index (χ2v) is 9.38. The molecule has 26 heavy (non-hydrogen) atoms. The van der Waals surface area contributed by atoms with Gasteiger partial charge < -0.3 is 19.5 Å². The van der Waals surface area contributed by atoms with Crippen LogP contribution in [0.15, 0.2) is 12.1 Å². The summed E-state index contributed by atoms with van der Waals surface area (Å²) in [5.74, 6) is 0.658. The molecule has 2 unspecified atom stereocenters. The predicted molar refractivity (Wildman–Crippen MR) is 101 cm³/mol. The number of rotatable bonds is 1. The van der Waals surface area contributed by atoms with Crippen LogP contribution in [0.4, 0.5) is 4.79 Å². The number of amides is 1. The first kappa shape index (κ1) is 18.9. The quantitative estimate of drug-likeness (QED) is 0.812. The number of hydrogen-bond donors (Lipinski definition) is 1. The molecule has 1 N–H and O–H groups in total. The molecular formula is C21H31NO4. The molecule has 1 heterocycles. The highest BCUT2D eigenvalue weighted by atomic mass is 16.6. The molecule has 1 aromatic carbocycles. The van der Waals surface area contributed by atoms with Crippen molar-refractivity contribution in [1.29, 1.82) is 0 Å². The van der Waals surface area contributed by atoms with Crippen molar-refractivity contribution in [2.24, 2.45) is 5.41 Å². The van der Waals surface area contributed by atoms with Crippen molar-refractivity contribution in [3.8, 4) is 11.5 Å². The Kier molecular flexibility index (Phi) is 4.21. The minimum absolute atomic E-state index is 0.0244.